The number of thiophene rings is 1. The van der Waals surface area contributed by atoms with E-state index in [0.29, 0.717) is 5.78 Å². The van der Waals surface area contributed by atoms with Crippen LogP contribution in [0, 0.1) is 5.92 Å². The van der Waals surface area contributed by atoms with Gasteiger partial charge in [0.2, 0.25) is 0 Å². The first-order valence-electron chi connectivity index (χ1n) is 7.56. The first-order chi connectivity index (χ1) is 9.26. The molecule has 1 atom stereocenters. The van der Waals surface area contributed by atoms with E-state index in [1.54, 1.807) is 11.3 Å². The molecule has 0 bridgehead atoms. The van der Waals surface area contributed by atoms with Gasteiger partial charge >= 0.3 is 0 Å². The van der Waals surface area contributed by atoms with Gasteiger partial charge in [0, 0.05) is 17.4 Å². The topological polar surface area (TPSA) is 26.3 Å². The van der Waals surface area contributed by atoms with E-state index < -0.39 is 0 Å². The molecule has 3 aliphatic rings. The molecular weight excluding hydrogens is 256 g/mol. The molecule has 1 aromatic heterocycles. The summed E-state index contributed by atoms with van der Waals surface area (Å²) in [6.07, 6.45) is 9.12. The number of carbonyl (C=O) groups excluding carboxylic acids is 1. The third-order valence-electron chi connectivity index (χ3n) is 5.12. The van der Waals surface area contributed by atoms with Crippen LogP contribution in [0.5, 0.6) is 0 Å². The van der Waals surface area contributed by atoms with Gasteiger partial charge in [-0.3, -0.25) is 4.79 Å². The van der Waals surface area contributed by atoms with Crippen molar-refractivity contribution in [2.24, 2.45) is 5.92 Å². The molecule has 0 N–H and O–H groups in total. The minimum absolute atomic E-state index is 0.0819. The molecule has 1 spiro atoms. The number of ether oxygens (including phenoxy) is 1. The van der Waals surface area contributed by atoms with Crippen LogP contribution in [0.2, 0.25) is 0 Å². The van der Waals surface area contributed by atoms with Gasteiger partial charge in [-0.15, -0.1) is 11.3 Å². The molecule has 1 aliphatic heterocycles. The summed E-state index contributed by atoms with van der Waals surface area (Å²) in [6, 6.07) is 2.18. The number of ketones is 1. The lowest BCUT2D eigenvalue weighted by Crippen LogP contribution is -2.46. The van der Waals surface area contributed by atoms with E-state index in [2.05, 4.69) is 6.07 Å². The lowest BCUT2D eigenvalue weighted by molar-refractivity contribution is -0.137. The fourth-order valence-electron chi connectivity index (χ4n) is 3.82. The molecule has 2 nitrogen and oxygen atoms in total. The second-order valence-corrected chi connectivity index (χ2v) is 7.49. The standard InChI is InChI=1S/C16H20O2S/c17-15(14-9-11-3-1-4-13(11)19-14)12-5-8-18-16(10-12)6-2-7-16/h9,12H,1-8,10H2. The van der Waals surface area contributed by atoms with Crippen molar-refractivity contribution in [1.82, 2.24) is 0 Å². The van der Waals surface area contributed by atoms with E-state index in [9.17, 15) is 4.79 Å². The number of rotatable bonds is 2. The minimum atomic E-state index is 0.0819. The van der Waals surface area contributed by atoms with Crippen molar-refractivity contribution in [3.8, 4) is 0 Å². The van der Waals surface area contributed by atoms with E-state index >= 15 is 0 Å². The van der Waals surface area contributed by atoms with Gasteiger partial charge in [-0.05, 0) is 63.0 Å². The maximum absolute atomic E-state index is 12.7. The van der Waals surface area contributed by atoms with Crippen LogP contribution in [0.3, 0.4) is 0 Å². The summed E-state index contributed by atoms with van der Waals surface area (Å²) in [5, 5.41) is 0. The largest absolute Gasteiger partial charge is 0.375 e. The Hall–Kier alpha value is -0.670. The summed E-state index contributed by atoms with van der Waals surface area (Å²) in [4.78, 5) is 15.2. The molecule has 2 aliphatic carbocycles. The molecule has 19 heavy (non-hydrogen) atoms. The summed E-state index contributed by atoms with van der Waals surface area (Å²) in [5.74, 6) is 0.613. The Bertz CT molecular complexity index is 491. The van der Waals surface area contributed by atoms with Crippen LogP contribution in [0.4, 0.5) is 0 Å². The van der Waals surface area contributed by atoms with Crippen molar-refractivity contribution in [2.75, 3.05) is 6.61 Å². The van der Waals surface area contributed by atoms with Crippen LogP contribution < -0.4 is 0 Å². The van der Waals surface area contributed by atoms with Crippen LogP contribution in [0.15, 0.2) is 6.07 Å². The third-order valence-corrected chi connectivity index (χ3v) is 6.37. The molecule has 4 rings (SSSR count). The third kappa shape index (κ3) is 1.98. The molecule has 0 aromatic carbocycles. The molecule has 1 aromatic rings. The van der Waals surface area contributed by atoms with Gasteiger partial charge in [0.25, 0.3) is 0 Å². The van der Waals surface area contributed by atoms with Crippen molar-refractivity contribution in [1.29, 1.82) is 0 Å². The Kier molecular flexibility index (Phi) is 2.82. The van der Waals surface area contributed by atoms with Crippen molar-refractivity contribution in [3.63, 3.8) is 0 Å². The molecule has 1 unspecified atom stereocenters. The molecule has 2 fully saturated rings. The number of carbonyl (C=O) groups is 1. The van der Waals surface area contributed by atoms with Gasteiger partial charge in [0.15, 0.2) is 5.78 Å². The van der Waals surface area contributed by atoms with Gasteiger partial charge < -0.3 is 4.74 Å². The molecule has 3 heteroatoms. The maximum atomic E-state index is 12.7. The van der Waals surface area contributed by atoms with Crippen LogP contribution in [-0.2, 0) is 17.6 Å². The van der Waals surface area contributed by atoms with Gasteiger partial charge in [-0.25, -0.2) is 0 Å². The molecular formula is C16H20O2S. The highest BCUT2D eigenvalue weighted by molar-refractivity contribution is 7.14. The fourth-order valence-corrected chi connectivity index (χ4v) is 5.10. The van der Waals surface area contributed by atoms with Crippen molar-refractivity contribution >= 4 is 17.1 Å². The van der Waals surface area contributed by atoms with Gasteiger partial charge in [-0.2, -0.15) is 0 Å². The fraction of sp³-hybridized carbons (Fsp3) is 0.688. The predicted octanol–water partition coefficient (Wildman–Crippen LogP) is 3.77. The molecule has 102 valence electrons. The van der Waals surface area contributed by atoms with E-state index in [0.717, 1.165) is 37.2 Å². The smallest absolute Gasteiger partial charge is 0.176 e. The normalized spacial score (nSPS) is 28.1. The second-order valence-electron chi connectivity index (χ2n) is 6.35. The Morgan fingerprint density at radius 2 is 2.21 bits per heavy atom. The zero-order valence-corrected chi connectivity index (χ0v) is 12.1. The molecule has 1 saturated heterocycles. The average molecular weight is 276 g/mol. The highest BCUT2D eigenvalue weighted by atomic mass is 32.1. The number of aryl methyl sites for hydroxylation is 2. The first-order valence-corrected chi connectivity index (χ1v) is 8.37. The summed E-state index contributed by atoms with van der Waals surface area (Å²) in [6.45, 7) is 0.779. The number of Topliss-reactive ketones (excluding diaryl/α,β-unsaturated/α-hetero) is 1. The van der Waals surface area contributed by atoms with Crippen molar-refractivity contribution in [2.45, 2.75) is 57.0 Å². The Labute approximate surface area is 118 Å². The first kappa shape index (κ1) is 12.1. The summed E-state index contributed by atoms with van der Waals surface area (Å²) in [7, 11) is 0. The zero-order valence-electron chi connectivity index (χ0n) is 11.2. The second kappa shape index (κ2) is 4.42. The van der Waals surface area contributed by atoms with E-state index in [1.807, 2.05) is 0 Å². The van der Waals surface area contributed by atoms with Crippen LogP contribution in [-0.4, -0.2) is 18.0 Å². The van der Waals surface area contributed by atoms with Crippen molar-refractivity contribution < 1.29 is 9.53 Å². The van der Waals surface area contributed by atoms with E-state index in [4.69, 9.17) is 4.74 Å². The van der Waals surface area contributed by atoms with E-state index in [1.165, 1.54) is 36.1 Å². The molecule has 0 radical (unpaired) electrons. The average Bonchev–Trinajstić information content (AvgIpc) is 2.97. The highest BCUT2D eigenvalue weighted by Crippen LogP contribution is 2.45. The lowest BCUT2D eigenvalue weighted by Gasteiger charge is -2.46. The lowest BCUT2D eigenvalue weighted by atomic mass is 9.71. The Morgan fingerprint density at radius 1 is 1.32 bits per heavy atom. The van der Waals surface area contributed by atoms with Gasteiger partial charge in [-0.1, -0.05) is 0 Å². The summed E-state index contributed by atoms with van der Waals surface area (Å²) >= 11 is 1.76. The van der Waals surface area contributed by atoms with Gasteiger partial charge in [0.05, 0.1) is 10.5 Å². The molecule has 1 saturated carbocycles. The zero-order chi connectivity index (χ0) is 12.9. The quantitative estimate of drug-likeness (QED) is 0.769. The number of hydrogen-bond donors (Lipinski definition) is 0. The monoisotopic (exact) mass is 276 g/mol. The van der Waals surface area contributed by atoms with E-state index in [-0.39, 0.29) is 11.5 Å². The number of fused-ring (bicyclic) bond motifs is 1. The number of hydrogen-bond acceptors (Lipinski definition) is 3. The van der Waals surface area contributed by atoms with Gasteiger partial charge in [0.1, 0.15) is 0 Å². The molecule has 2 heterocycles. The van der Waals surface area contributed by atoms with Crippen LogP contribution in [0.1, 0.15) is 58.6 Å². The maximum Gasteiger partial charge on any atom is 0.176 e. The Morgan fingerprint density at radius 3 is 2.95 bits per heavy atom. The minimum Gasteiger partial charge on any atom is -0.375 e. The molecule has 0 amide bonds. The highest BCUT2D eigenvalue weighted by Gasteiger charge is 2.44. The summed E-state index contributed by atoms with van der Waals surface area (Å²) < 4.78 is 5.93. The van der Waals surface area contributed by atoms with Crippen molar-refractivity contribution in [3.05, 3.63) is 21.4 Å². The van der Waals surface area contributed by atoms with Crippen LogP contribution >= 0.6 is 11.3 Å². The summed E-state index contributed by atoms with van der Waals surface area (Å²) in [5.41, 5.74) is 1.53. The SMILES string of the molecule is O=C(c1cc2c(s1)CCC2)C1CCOC2(CCC2)C1. The predicted molar refractivity (Wildman–Crippen MR) is 75.9 cm³/mol. The van der Waals surface area contributed by atoms with Crippen LogP contribution in [0.25, 0.3) is 0 Å². The Balaban J connectivity index is 1.52.